The van der Waals surface area contributed by atoms with Gasteiger partial charge in [-0.1, -0.05) is 37.4 Å². The van der Waals surface area contributed by atoms with Gasteiger partial charge in [0.1, 0.15) is 0 Å². The normalized spacial score (nSPS) is 13.7. The van der Waals surface area contributed by atoms with E-state index in [1.165, 1.54) is 25.9 Å². The number of anilines is 2. The van der Waals surface area contributed by atoms with Crippen LogP contribution in [0.1, 0.15) is 48.3 Å². The van der Waals surface area contributed by atoms with Crippen molar-refractivity contribution in [3.8, 4) is 29.4 Å². The number of hydrogen-bond acceptors (Lipinski definition) is 5. The summed E-state index contributed by atoms with van der Waals surface area (Å²) in [6.07, 6.45) is 12.4. The molecule has 1 saturated heterocycles. The maximum Gasteiger partial charge on any atom is 0.255 e. The SMILES string of the molecule is C#Cc1cnccc1-c1[nH]c2c(c1Nc1cccc(Cl)c1OC)C(=O)NCC2.C1CCNC1.CC. The summed E-state index contributed by atoms with van der Waals surface area (Å²) in [4.78, 5) is 20.1. The van der Waals surface area contributed by atoms with Crippen molar-refractivity contribution >= 4 is 28.9 Å². The lowest BCUT2D eigenvalue weighted by Gasteiger charge is -2.17. The highest BCUT2D eigenvalue weighted by molar-refractivity contribution is 6.32. The second-order valence-electron chi connectivity index (χ2n) is 7.70. The van der Waals surface area contributed by atoms with E-state index in [9.17, 15) is 4.79 Å². The van der Waals surface area contributed by atoms with Crippen LogP contribution in [0.3, 0.4) is 0 Å². The smallest absolute Gasteiger partial charge is 0.255 e. The summed E-state index contributed by atoms with van der Waals surface area (Å²) >= 11 is 6.26. The molecular weight excluding hydrogens is 462 g/mol. The molecule has 7 nitrogen and oxygen atoms in total. The van der Waals surface area contributed by atoms with Crippen LogP contribution < -0.4 is 20.7 Å². The molecule has 0 bridgehead atoms. The summed E-state index contributed by atoms with van der Waals surface area (Å²) < 4.78 is 5.44. The number of hydrogen-bond donors (Lipinski definition) is 4. The van der Waals surface area contributed by atoms with Gasteiger partial charge in [0.25, 0.3) is 5.91 Å². The summed E-state index contributed by atoms with van der Waals surface area (Å²) in [5, 5.41) is 9.91. The van der Waals surface area contributed by atoms with Crippen LogP contribution in [0.25, 0.3) is 11.3 Å². The number of carbonyl (C=O) groups excluding carboxylic acids is 1. The molecule has 5 rings (SSSR count). The van der Waals surface area contributed by atoms with Crippen LogP contribution in [0.5, 0.6) is 5.75 Å². The van der Waals surface area contributed by atoms with Crippen molar-refractivity contribution in [1.29, 1.82) is 0 Å². The minimum atomic E-state index is -0.149. The van der Waals surface area contributed by atoms with Crippen molar-refractivity contribution in [3.63, 3.8) is 0 Å². The third-order valence-electron chi connectivity index (χ3n) is 5.60. The fourth-order valence-corrected chi connectivity index (χ4v) is 4.26. The van der Waals surface area contributed by atoms with Crippen molar-refractivity contribution in [2.24, 2.45) is 0 Å². The Labute approximate surface area is 212 Å². The average molecular weight is 494 g/mol. The number of amides is 1. The van der Waals surface area contributed by atoms with Crippen LogP contribution in [0.4, 0.5) is 11.4 Å². The lowest BCUT2D eigenvalue weighted by atomic mass is 10.0. The number of para-hydroxylation sites is 1. The number of methoxy groups -OCH3 is 1. The van der Waals surface area contributed by atoms with E-state index in [0.717, 1.165) is 17.0 Å². The van der Waals surface area contributed by atoms with E-state index in [2.05, 4.69) is 31.8 Å². The highest BCUT2D eigenvalue weighted by Gasteiger charge is 2.28. The number of pyridine rings is 1. The molecule has 1 aromatic carbocycles. The Balaban J connectivity index is 0.000000428. The molecule has 4 heterocycles. The van der Waals surface area contributed by atoms with Crippen LogP contribution in [-0.4, -0.2) is 42.6 Å². The fourth-order valence-electron chi connectivity index (χ4n) is 4.01. The van der Waals surface area contributed by atoms with Gasteiger partial charge in [0.05, 0.1) is 40.3 Å². The molecule has 8 heteroatoms. The van der Waals surface area contributed by atoms with E-state index in [1.807, 2.05) is 32.0 Å². The van der Waals surface area contributed by atoms with Crippen LogP contribution in [0.2, 0.25) is 5.02 Å². The van der Waals surface area contributed by atoms with Gasteiger partial charge >= 0.3 is 0 Å². The largest absolute Gasteiger partial charge is 0.493 e. The van der Waals surface area contributed by atoms with Crippen molar-refractivity contribution in [3.05, 3.63) is 58.5 Å². The second kappa shape index (κ2) is 12.8. The molecule has 35 heavy (non-hydrogen) atoms. The zero-order valence-electron chi connectivity index (χ0n) is 20.4. The van der Waals surface area contributed by atoms with E-state index in [4.69, 9.17) is 22.8 Å². The van der Waals surface area contributed by atoms with Crippen molar-refractivity contribution in [1.82, 2.24) is 20.6 Å². The second-order valence-corrected chi connectivity index (χ2v) is 8.11. The first kappa shape index (κ1) is 26.1. The molecule has 1 fully saturated rings. The van der Waals surface area contributed by atoms with Gasteiger partial charge in [-0.2, -0.15) is 0 Å². The van der Waals surface area contributed by atoms with E-state index in [0.29, 0.717) is 46.2 Å². The van der Waals surface area contributed by atoms with Gasteiger partial charge in [0, 0.05) is 36.6 Å². The zero-order valence-corrected chi connectivity index (χ0v) is 21.2. The first-order valence-electron chi connectivity index (χ1n) is 11.9. The molecular formula is C27H32ClN5O2. The first-order valence-corrected chi connectivity index (χ1v) is 12.3. The summed E-state index contributed by atoms with van der Waals surface area (Å²) in [6.45, 7) is 7.07. The summed E-state index contributed by atoms with van der Waals surface area (Å²) in [6, 6.07) is 7.21. The minimum Gasteiger partial charge on any atom is -0.493 e. The number of fused-ring (bicyclic) bond motifs is 1. The van der Waals surface area contributed by atoms with Crippen LogP contribution in [0.15, 0.2) is 36.7 Å². The van der Waals surface area contributed by atoms with E-state index in [-0.39, 0.29) is 5.91 Å². The maximum absolute atomic E-state index is 12.6. The van der Waals surface area contributed by atoms with Crippen LogP contribution in [0, 0.1) is 12.3 Å². The fraction of sp³-hybridized carbons (Fsp3) is 0.333. The van der Waals surface area contributed by atoms with E-state index < -0.39 is 0 Å². The number of ether oxygens (including phenoxy) is 1. The van der Waals surface area contributed by atoms with Gasteiger partial charge < -0.3 is 25.7 Å². The molecule has 4 N–H and O–H groups in total. The van der Waals surface area contributed by atoms with Crippen LogP contribution in [-0.2, 0) is 6.42 Å². The van der Waals surface area contributed by atoms with Gasteiger partial charge in [0.2, 0.25) is 0 Å². The third kappa shape index (κ3) is 5.97. The number of nitrogens with one attached hydrogen (secondary N) is 4. The van der Waals surface area contributed by atoms with Crippen LogP contribution >= 0.6 is 11.6 Å². The molecule has 0 saturated carbocycles. The summed E-state index contributed by atoms with van der Waals surface area (Å²) in [5.74, 6) is 3.00. The number of aromatic nitrogens is 2. The Hall–Kier alpha value is -3.47. The molecule has 0 aliphatic carbocycles. The number of benzene rings is 1. The molecule has 0 radical (unpaired) electrons. The number of terminal acetylenes is 1. The monoisotopic (exact) mass is 493 g/mol. The van der Waals surface area contributed by atoms with E-state index >= 15 is 0 Å². The van der Waals surface area contributed by atoms with Gasteiger partial charge in [-0.3, -0.25) is 9.78 Å². The predicted molar refractivity (Wildman–Crippen MR) is 143 cm³/mol. The predicted octanol–water partition coefficient (Wildman–Crippen LogP) is 5.15. The Morgan fingerprint density at radius 1 is 1.17 bits per heavy atom. The molecule has 2 aliphatic heterocycles. The topological polar surface area (TPSA) is 91.1 Å². The van der Waals surface area contributed by atoms with Gasteiger partial charge in [-0.25, -0.2) is 0 Å². The number of carbonyl (C=O) groups is 1. The highest BCUT2D eigenvalue weighted by atomic mass is 35.5. The quantitative estimate of drug-likeness (QED) is 0.377. The highest BCUT2D eigenvalue weighted by Crippen LogP contribution is 2.41. The summed E-state index contributed by atoms with van der Waals surface area (Å²) in [7, 11) is 1.55. The minimum absolute atomic E-state index is 0.149. The Bertz CT molecular complexity index is 1190. The lowest BCUT2D eigenvalue weighted by Crippen LogP contribution is -2.31. The molecule has 2 aromatic heterocycles. The molecule has 3 aromatic rings. The van der Waals surface area contributed by atoms with Crippen molar-refractivity contribution in [2.45, 2.75) is 33.1 Å². The molecule has 0 spiro atoms. The molecule has 0 atom stereocenters. The van der Waals surface area contributed by atoms with Crippen molar-refractivity contribution < 1.29 is 9.53 Å². The molecule has 1 amide bonds. The Morgan fingerprint density at radius 3 is 2.60 bits per heavy atom. The Morgan fingerprint density at radius 2 is 1.94 bits per heavy atom. The number of H-pyrrole nitrogens is 1. The average Bonchev–Trinajstić information content (AvgIpc) is 3.58. The first-order chi connectivity index (χ1) is 17.1. The standard InChI is InChI=1S/C21H17ClN4O2.C4H9N.C2H6/c1-3-12-11-23-9-7-13(12)18-19(17-15(25-18)8-10-24-21(17)27)26-16-6-4-5-14(22)20(16)28-2;1-2-4-5-3-1;1-2/h1,4-7,9,11,25-26H,8,10H2,2H3,(H,24,27);5H,1-4H2;1-2H3. The lowest BCUT2D eigenvalue weighted by molar-refractivity contribution is 0.0947. The van der Waals surface area contributed by atoms with Gasteiger partial charge in [0.15, 0.2) is 5.75 Å². The molecule has 0 unspecified atom stereocenters. The van der Waals surface area contributed by atoms with Gasteiger partial charge in [-0.05, 0) is 44.1 Å². The third-order valence-corrected chi connectivity index (χ3v) is 5.90. The number of halogens is 1. The number of rotatable bonds is 4. The summed E-state index contributed by atoms with van der Waals surface area (Å²) in [5.41, 5.74) is 4.80. The zero-order chi connectivity index (χ0) is 25.2. The maximum atomic E-state index is 12.6. The Kier molecular flexibility index (Phi) is 9.59. The number of aromatic amines is 1. The van der Waals surface area contributed by atoms with E-state index in [1.54, 1.807) is 25.6 Å². The van der Waals surface area contributed by atoms with Gasteiger partial charge in [-0.15, -0.1) is 6.42 Å². The number of nitrogens with zero attached hydrogens (tertiary/aromatic N) is 1. The molecule has 2 aliphatic rings. The van der Waals surface area contributed by atoms with Crippen molar-refractivity contribution in [2.75, 3.05) is 32.1 Å². The molecule has 184 valence electrons.